The van der Waals surface area contributed by atoms with Crippen molar-refractivity contribution in [1.29, 1.82) is 0 Å². The molecule has 4 N–H and O–H groups in total. The lowest BCUT2D eigenvalue weighted by molar-refractivity contribution is -0.161. The van der Waals surface area contributed by atoms with Gasteiger partial charge in [0.2, 0.25) is 0 Å². The summed E-state index contributed by atoms with van der Waals surface area (Å²) >= 11 is 0. The van der Waals surface area contributed by atoms with Gasteiger partial charge < -0.3 is 34.2 Å². The van der Waals surface area contributed by atoms with Crippen molar-refractivity contribution in [3.8, 4) is 0 Å². The van der Waals surface area contributed by atoms with E-state index in [1.807, 2.05) is 0 Å². The highest BCUT2D eigenvalue weighted by Gasteiger charge is 2.29. The molecule has 0 aliphatic rings. The average molecular weight is 1380 g/mol. The number of phosphoric acid groups is 2. The number of carbonyl (C=O) groups excluding carboxylic acids is 3. The minimum Gasteiger partial charge on any atom is -0.463 e. The van der Waals surface area contributed by atoms with Crippen LogP contribution < -0.4 is 0 Å². The summed E-state index contributed by atoms with van der Waals surface area (Å²) in [5, 5.41) is 20.6. The summed E-state index contributed by atoms with van der Waals surface area (Å²) < 4.78 is 60.9. The number of esters is 3. The molecule has 0 saturated carbocycles. The first-order chi connectivity index (χ1) is 46.2. The molecular weight excluding hydrogens is 1240 g/mol. The fraction of sp³-hybridized carbons (Fsp3) is 0.727. The van der Waals surface area contributed by atoms with Gasteiger partial charge in [-0.15, -0.1) is 0 Å². The maximum atomic E-state index is 12.9. The van der Waals surface area contributed by atoms with Crippen molar-refractivity contribution in [2.24, 2.45) is 0 Å². The molecule has 0 rings (SSSR count). The third-order valence-electron chi connectivity index (χ3n) is 15.4. The van der Waals surface area contributed by atoms with Crippen molar-refractivity contribution in [2.75, 3.05) is 39.6 Å². The second kappa shape index (κ2) is 70.1. The van der Waals surface area contributed by atoms with Gasteiger partial charge in [-0.1, -0.05) is 271 Å². The number of aliphatic hydroxyl groups is 2. The van der Waals surface area contributed by atoms with E-state index in [9.17, 15) is 43.5 Å². The molecule has 0 radical (unpaired) electrons. The Morgan fingerprint density at radius 1 is 0.305 bits per heavy atom. The Balaban J connectivity index is 4.35. The maximum Gasteiger partial charge on any atom is 0.472 e. The van der Waals surface area contributed by atoms with Crippen molar-refractivity contribution in [3.05, 3.63) is 109 Å². The molecule has 5 unspecified atom stereocenters. The first kappa shape index (κ1) is 91.2. The van der Waals surface area contributed by atoms with E-state index >= 15 is 0 Å². The van der Waals surface area contributed by atoms with Crippen molar-refractivity contribution < 1.29 is 75.8 Å². The smallest absolute Gasteiger partial charge is 0.463 e. The van der Waals surface area contributed by atoms with Crippen LogP contribution in [0.3, 0.4) is 0 Å². The number of ether oxygens (including phenoxy) is 3. The van der Waals surface area contributed by atoms with Crippen LogP contribution in [0.4, 0.5) is 0 Å². The van der Waals surface area contributed by atoms with E-state index in [1.54, 1.807) is 0 Å². The zero-order chi connectivity index (χ0) is 69.5. The maximum absolute atomic E-state index is 12.9. The SMILES string of the molecule is CC/C=C\C/C=C\C/C=C\C/C=C\C/C=C\C/C=C\CCCCCCCCCCCCCCCCC(=O)OCC(O)COP(=O)(O)OCC(O)COP(=O)(O)OCC(COC(=O)CCCCCCC/C=C\C/C=C\CCC)OC(=O)CCCCCCC/C=C\CCCCCC. The van der Waals surface area contributed by atoms with E-state index in [-0.39, 0.29) is 19.3 Å². The van der Waals surface area contributed by atoms with E-state index in [4.69, 9.17) is 32.3 Å². The average Bonchev–Trinajstić information content (AvgIpc) is 2.18. The van der Waals surface area contributed by atoms with Gasteiger partial charge >= 0.3 is 33.6 Å². The lowest BCUT2D eigenvalue weighted by Crippen LogP contribution is -2.30. The lowest BCUT2D eigenvalue weighted by Gasteiger charge is -2.21. The molecular formula is C77H134O16P2. The number of aliphatic hydroxyl groups excluding tert-OH is 2. The van der Waals surface area contributed by atoms with E-state index < -0.39 is 91.5 Å². The summed E-state index contributed by atoms with van der Waals surface area (Å²) in [5.74, 6) is -1.60. The quantitative estimate of drug-likeness (QED) is 0.0146. The molecule has 18 heteroatoms. The summed E-state index contributed by atoms with van der Waals surface area (Å²) in [7, 11) is -9.78. The van der Waals surface area contributed by atoms with E-state index in [0.717, 1.165) is 154 Å². The van der Waals surface area contributed by atoms with Crippen LogP contribution in [0.5, 0.6) is 0 Å². The molecule has 0 amide bonds. The third-order valence-corrected chi connectivity index (χ3v) is 17.3. The third kappa shape index (κ3) is 71.3. The standard InChI is InChI=1S/C77H134O16P2/c1-4-7-10-13-16-19-22-25-26-27-28-29-30-31-32-33-34-35-36-37-38-39-40-41-42-43-44-47-49-51-54-57-60-63-75(80)87-66-72(78)67-89-94(83,84)90-68-73(79)69-91-95(85,86)92-71-74(93-77(82)65-62-59-56-53-50-46-24-21-18-15-12-9-6-3)70-88-76(81)64-61-58-55-52-48-45-23-20-17-14-11-8-5-2/h7,10-11,14,16,19-21,23-26,28-29,31-32,34-35,72-74,78-79H,4-6,8-9,12-13,15,17-18,22,27,30,33,36-71H2,1-3H3,(H,83,84)(H,85,86)/b10-7-,14-11-,19-16-,23-20-,24-21-,26-25-,29-28-,32-31-,35-34-. The Kier molecular flexibility index (Phi) is 67.3. The Morgan fingerprint density at radius 2 is 0.579 bits per heavy atom. The summed E-state index contributed by atoms with van der Waals surface area (Å²) in [5.41, 5.74) is 0. The highest BCUT2D eigenvalue weighted by molar-refractivity contribution is 7.47. The van der Waals surface area contributed by atoms with Crippen LogP contribution in [0, 0.1) is 0 Å². The number of carbonyl (C=O) groups is 3. The first-order valence-corrected chi connectivity index (χ1v) is 40.2. The summed E-state index contributed by atoms with van der Waals surface area (Å²) in [6.07, 6.45) is 80.2. The molecule has 0 aliphatic carbocycles. The predicted octanol–water partition coefficient (Wildman–Crippen LogP) is 21.2. The monoisotopic (exact) mass is 1380 g/mol. The lowest BCUT2D eigenvalue weighted by atomic mass is 10.0. The van der Waals surface area contributed by atoms with Gasteiger partial charge in [-0.25, -0.2) is 9.13 Å². The Labute approximate surface area is 577 Å². The minimum atomic E-state index is -4.92. The zero-order valence-corrected chi connectivity index (χ0v) is 61.4. The van der Waals surface area contributed by atoms with E-state index in [2.05, 4.69) is 130 Å². The molecule has 5 atom stereocenters. The number of rotatable bonds is 70. The molecule has 0 fully saturated rings. The van der Waals surface area contributed by atoms with Crippen LogP contribution in [0.25, 0.3) is 0 Å². The van der Waals surface area contributed by atoms with E-state index in [0.29, 0.717) is 19.3 Å². The molecule has 0 saturated heterocycles. The summed E-state index contributed by atoms with van der Waals surface area (Å²) in [6, 6.07) is 0. The number of unbranched alkanes of at least 4 members (excludes halogenated alkanes) is 29. The van der Waals surface area contributed by atoms with Gasteiger partial charge in [0.05, 0.1) is 26.4 Å². The highest BCUT2D eigenvalue weighted by Crippen LogP contribution is 2.45. The molecule has 548 valence electrons. The summed E-state index contributed by atoms with van der Waals surface area (Å²) in [6.45, 7) is 2.46. The highest BCUT2D eigenvalue weighted by atomic mass is 31.2. The fourth-order valence-electron chi connectivity index (χ4n) is 9.78. The molecule has 0 aromatic heterocycles. The largest absolute Gasteiger partial charge is 0.472 e. The second-order valence-electron chi connectivity index (χ2n) is 24.7. The fourth-order valence-corrected chi connectivity index (χ4v) is 11.4. The van der Waals surface area contributed by atoms with Gasteiger partial charge in [0, 0.05) is 19.3 Å². The van der Waals surface area contributed by atoms with Crippen molar-refractivity contribution >= 4 is 33.6 Å². The van der Waals surface area contributed by atoms with E-state index in [1.165, 1.54) is 89.9 Å². The second-order valence-corrected chi connectivity index (χ2v) is 27.6. The molecule has 0 aromatic rings. The molecule has 16 nitrogen and oxygen atoms in total. The van der Waals surface area contributed by atoms with Gasteiger partial charge in [-0.3, -0.25) is 32.5 Å². The van der Waals surface area contributed by atoms with Crippen LogP contribution in [0.15, 0.2) is 109 Å². The van der Waals surface area contributed by atoms with Gasteiger partial charge in [0.1, 0.15) is 25.4 Å². The van der Waals surface area contributed by atoms with Crippen LogP contribution in [-0.4, -0.2) is 95.9 Å². The predicted molar refractivity (Wildman–Crippen MR) is 390 cm³/mol. The zero-order valence-electron chi connectivity index (χ0n) is 59.6. The van der Waals surface area contributed by atoms with Crippen molar-refractivity contribution in [3.63, 3.8) is 0 Å². The normalized spacial score (nSPS) is 14.7. The molecule has 0 aliphatic heterocycles. The molecule has 0 aromatic carbocycles. The Hall–Kier alpha value is -3.79. The molecule has 95 heavy (non-hydrogen) atoms. The first-order valence-electron chi connectivity index (χ1n) is 37.2. The van der Waals surface area contributed by atoms with Crippen LogP contribution in [0.1, 0.15) is 303 Å². The Morgan fingerprint density at radius 3 is 0.937 bits per heavy atom. The Bertz CT molecular complexity index is 2170. The van der Waals surface area contributed by atoms with Gasteiger partial charge in [-0.05, 0) is 122 Å². The van der Waals surface area contributed by atoms with Gasteiger partial charge in [0.15, 0.2) is 6.10 Å². The molecule has 0 heterocycles. The molecule has 0 bridgehead atoms. The number of phosphoric ester groups is 2. The van der Waals surface area contributed by atoms with Crippen LogP contribution >= 0.6 is 15.6 Å². The van der Waals surface area contributed by atoms with Gasteiger partial charge in [-0.2, -0.15) is 0 Å². The number of hydrogen-bond acceptors (Lipinski definition) is 14. The van der Waals surface area contributed by atoms with Crippen molar-refractivity contribution in [2.45, 2.75) is 322 Å². The number of hydrogen-bond donors (Lipinski definition) is 4. The minimum absolute atomic E-state index is 0.0921. The van der Waals surface area contributed by atoms with Crippen LogP contribution in [0.2, 0.25) is 0 Å². The molecule has 0 spiro atoms. The van der Waals surface area contributed by atoms with Gasteiger partial charge in [0.25, 0.3) is 0 Å². The summed E-state index contributed by atoms with van der Waals surface area (Å²) in [4.78, 5) is 58.3. The topological polar surface area (TPSA) is 231 Å². The van der Waals surface area contributed by atoms with Crippen LogP contribution in [-0.2, 0) is 55.8 Å². The number of allylic oxidation sites excluding steroid dienone is 18. The van der Waals surface area contributed by atoms with Crippen molar-refractivity contribution in [1.82, 2.24) is 0 Å².